The summed E-state index contributed by atoms with van der Waals surface area (Å²) in [5.74, 6) is 0.115. The molecule has 104 valence electrons. The summed E-state index contributed by atoms with van der Waals surface area (Å²) in [5.41, 5.74) is 0. The van der Waals surface area contributed by atoms with E-state index >= 15 is 0 Å². The lowest BCUT2D eigenvalue weighted by Crippen LogP contribution is -2.46. The van der Waals surface area contributed by atoms with Crippen molar-refractivity contribution in [1.82, 2.24) is 10.6 Å². The monoisotopic (exact) mass is 376 g/mol. The fraction of sp³-hybridized carbons (Fsp3) is 0.385. The Labute approximate surface area is 126 Å². The minimum atomic E-state index is -0.738. The molecule has 1 atom stereocenters. The van der Waals surface area contributed by atoms with E-state index in [0.717, 1.165) is 3.57 Å². The van der Waals surface area contributed by atoms with Crippen molar-refractivity contribution < 1.29 is 14.3 Å². The lowest BCUT2D eigenvalue weighted by Gasteiger charge is -2.15. The van der Waals surface area contributed by atoms with Crippen LogP contribution in [0.25, 0.3) is 0 Å². The highest BCUT2D eigenvalue weighted by Crippen LogP contribution is 2.14. The van der Waals surface area contributed by atoms with Crippen molar-refractivity contribution in [2.24, 2.45) is 0 Å². The third kappa shape index (κ3) is 5.91. The van der Waals surface area contributed by atoms with E-state index in [1.165, 1.54) is 0 Å². The minimum Gasteiger partial charge on any atom is -0.481 e. The van der Waals surface area contributed by atoms with Crippen LogP contribution in [0, 0.1) is 3.57 Å². The second-order valence-electron chi connectivity index (χ2n) is 4.33. The van der Waals surface area contributed by atoms with Crippen LogP contribution in [0.5, 0.6) is 5.75 Å². The van der Waals surface area contributed by atoms with Crippen LogP contribution in [-0.2, 0) is 4.79 Å². The Morgan fingerprint density at radius 2 is 1.74 bits per heavy atom. The molecule has 0 bridgehead atoms. The summed E-state index contributed by atoms with van der Waals surface area (Å²) in [5, 5.41) is 4.80. The lowest BCUT2D eigenvalue weighted by atomic mass is 10.3. The summed E-state index contributed by atoms with van der Waals surface area (Å²) in [6, 6.07) is 6.77. The SMILES string of the molecule is CC(C)NC(=O)NC(=O)[C@@H](C)Oc1ccc(I)cc1. The van der Waals surface area contributed by atoms with Crippen LogP contribution in [0.1, 0.15) is 20.8 Å². The van der Waals surface area contributed by atoms with Gasteiger partial charge >= 0.3 is 6.03 Å². The molecule has 0 aliphatic heterocycles. The Morgan fingerprint density at radius 1 is 1.16 bits per heavy atom. The lowest BCUT2D eigenvalue weighted by molar-refractivity contribution is -0.126. The zero-order chi connectivity index (χ0) is 14.4. The molecule has 0 aliphatic carbocycles. The smallest absolute Gasteiger partial charge is 0.321 e. The summed E-state index contributed by atoms with van der Waals surface area (Å²) in [6.45, 7) is 5.22. The van der Waals surface area contributed by atoms with Gasteiger partial charge in [-0.25, -0.2) is 4.79 Å². The molecule has 0 fully saturated rings. The number of hydrogen-bond acceptors (Lipinski definition) is 3. The van der Waals surface area contributed by atoms with Gasteiger partial charge in [0.25, 0.3) is 5.91 Å². The van der Waals surface area contributed by atoms with Crippen LogP contribution in [0.15, 0.2) is 24.3 Å². The number of halogens is 1. The molecular formula is C13H17IN2O3. The molecule has 19 heavy (non-hydrogen) atoms. The number of ether oxygens (including phenoxy) is 1. The molecule has 0 radical (unpaired) electrons. The summed E-state index contributed by atoms with van der Waals surface area (Å²) in [4.78, 5) is 23.1. The first-order valence-electron chi connectivity index (χ1n) is 5.92. The van der Waals surface area contributed by atoms with Crippen LogP contribution < -0.4 is 15.4 Å². The number of carbonyl (C=O) groups is 2. The summed E-state index contributed by atoms with van der Waals surface area (Å²) in [7, 11) is 0. The van der Waals surface area contributed by atoms with E-state index in [2.05, 4.69) is 33.2 Å². The summed E-state index contributed by atoms with van der Waals surface area (Å²) in [6.07, 6.45) is -0.738. The van der Waals surface area contributed by atoms with Crippen molar-refractivity contribution in [1.29, 1.82) is 0 Å². The van der Waals surface area contributed by atoms with E-state index in [0.29, 0.717) is 5.75 Å². The average molecular weight is 376 g/mol. The molecule has 0 aliphatic rings. The van der Waals surface area contributed by atoms with Gasteiger partial charge < -0.3 is 10.1 Å². The number of benzene rings is 1. The van der Waals surface area contributed by atoms with Gasteiger partial charge in [-0.2, -0.15) is 0 Å². The normalized spacial score (nSPS) is 11.8. The van der Waals surface area contributed by atoms with Gasteiger partial charge in [-0.05, 0) is 67.6 Å². The number of hydrogen-bond donors (Lipinski definition) is 2. The molecule has 0 heterocycles. The first-order chi connectivity index (χ1) is 8.88. The predicted molar refractivity (Wildman–Crippen MR) is 81.1 cm³/mol. The zero-order valence-electron chi connectivity index (χ0n) is 11.1. The second kappa shape index (κ2) is 7.32. The maximum absolute atomic E-state index is 11.7. The number of imide groups is 1. The Morgan fingerprint density at radius 3 is 2.26 bits per heavy atom. The molecule has 0 aromatic heterocycles. The summed E-state index contributed by atoms with van der Waals surface area (Å²) < 4.78 is 6.52. The van der Waals surface area contributed by atoms with Crippen LogP contribution in [0.2, 0.25) is 0 Å². The van der Waals surface area contributed by atoms with Crippen molar-refractivity contribution in [3.05, 3.63) is 27.8 Å². The molecule has 5 nitrogen and oxygen atoms in total. The Kier molecular flexibility index (Phi) is 6.07. The topological polar surface area (TPSA) is 67.4 Å². The van der Waals surface area contributed by atoms with Gasteiger partial charge in [0.15, 0.2) is 6.10 Å². The van der Waals surface area contributed by atoms with Crippen molar-refractivity contribution in [3.8, 4) is 5.75 Å². The Balaban J connectivity index is 2.48. The zero-order valence-corrected chi connectivity index (χ0v) is 13.2. The van der Waals surface area contributed by atoms with Gasteiger partial charge in [-0.3, -0.25) is 10.1 Å². The molecule has 0 unspecified atom stereocenters. The molecule has 6 heteroatoms. The molecule has 3 amide bonds. The predicted octanol–water partition coefficient (Wildman–Crippen LogP) is 2.29. The average Bonchev–Trinajstić information content (AvgIpc) is 2.30. The fourth-order valence-electron chi connectivity index (χ4n) is 1.28. The van der Waals surface area contributed by atoms with Gasteiger partial charge in [0.2, 0.25) is 0 Å². The molecule has 0 spiro atoms. The van der Waals surface area contributed by atoms with Crippen LogP contribution in [0.4, 0.5) is 4.79 Å². The molecule has 1 rings (SSSR count). The van der Waals surface area contributed by atoms with Gasteiger partial charge in [-0.1, -0.05) is 0 Å². The van der Waals surface area contributed by atoms with E-state index in [-0.39, 0.29) is 6.04 Å². The largest absolute Gasteiger partial charge is 0.481 e. The van der Waals surface area contributed by atoms with Gasteiger partial charge in [0, 0.05) is 9.61 Å². The maximum atomic E-state index is 11.7. The van der Waals surface area contributed by atoms with Gasteiger partial charge in [-0.15, -0.1) is 0 Å². The van der Waals surface area contributed by atoms with E-state index in [1.54, 1.807) is 19.1 Å². The Bertz CT molecular complexity index is 446. The number of urea groups is 1. The van der Waals surface area contributed by atoms with E-state index < -0.39 is 18.0 Å². The first kappa shape index (κ1) is 15.7. The number of amides is 3. The maximum Gasteiger partial charge on any atom is 0.321 e. The molecule has 1 aromatic carbocycles. The highest BCUT2D eigenvalue weighted by molar-refractivity contribution is 14.1. The van der Waals surface area contributed by atoms with Crippen LogP contribution in [0.3, 0.4) is 0 Å². The molecule has 0 saturated heterocycles. The van der Waals surface area contributed by atoms with Gasteiger partial charge in [0.05, 0.1) is 0 Å². The van der Waals surface area contributed by atoms with E-state index in [1.807, 2.05) is 26.0 Å². The van der Waals surface area contributed by atoms with E-state index in [4.69, 9.17) is 4.74 Å². The molecular weight excluding hydrogens is 359 g/mol. The summed E-state index contributed by atoms with van der Waals surface area (Å²) >= 11 is 2.18. The van der Waals surface area contributed by atoms with Crippen molar-refractivity contribution >= 4 is 34.5 Å². The number of nitrogens with one attached hydrogen (secondary N) is 2. The number of rotatable bonds is 4. The molecule has 2 N–H and O–H groups in total. The van der Waals surface area contributed by atoms with Gasteiger partial charge in [0.1, 0.15) is 5.75 Å². The standard InChI is InChI=1S/C13H17IN2O3/c1-8(2)15-13(18)16-12(17)9(3)19-11-6-4-10(14)5-7-11/h4-9H,1-3H3,(H2,15,16,17,18)/t9-/m1/s1. The van der Waals surface area contributed by atoms with E-state index in [9.17, 15) is 9.59 Å². The molecule has 1 aromatic rings. The van der Waals surface area contributed by atoms with Crippen molar-refractivity contribution in [2.75, 3.05) is 0 Å². The Hall–Kier alpha value is -1.31. The van der Waals surface area contributed by atoms with Crippen molar-refractivity contribution in [3.63, 3.8) is 0 Å². The third-order valence-corrected chi connectivity index (χ3v) is 2.87. The second-order valence-corrected chi connectivity index (χ2v) is 5.58. The van der Waals surface area contributed by atoms with Crippen LogP contribution >= 0.6 is 22.6 Å². The quantitative estimate of drug-likeness (QED) is 0.793. The highest BCUT2D eigenvalue weighted by Gasteiger charge is 2.17. The highest BCUT2D eigenvalue weighted by atomic mass is 127. The molecule has 0 saturated carbocycles. The third-order valence-electron chi connectivity index (χ3n) is 2.15. The number of carbonyl (C=O) groups excluding carboxylic acids is 2. The first-order valence-corrected chi connectivity index (χ1v) is 7.00. The van der Waals surface area contributed by atoms with Crippen LogP contribution in [-0.4, -0.2) is 24.1 Å². The minimum absolute atomic E-state index is 0.0276. The van der Waals surface area contributed by atoms with Crippen molar-refractivity contribution in [2.45, 2.75) is 32.9 Å². The fourth-order valence-corrected chi connectivity index (χ4v) is 1.64.